The van der Waals surface area contributed by atoms with E-state index in [4.69, 9.17) is 9.47 Å². The molecular formula is C12H13N3O4S. The van der Waals surface area contributed by atoms with Crippen molar-refractivity contribution in [2.45, 2.75) is 19.3 Å². The van der Waals surface area contributed by atoms with E-state index < -0.39 is 10.7 Å². The van der Waals surface area contributed by atoms with Crippen LogP contribution >= 0.6 is 11.3 Å². The molecule has 2 aromatic heterocycles. The Balaban J connectivity index is 1.75. The highest BCUT2D eigenvalue weighted by atomic mass is 32.1. The molecule has 0 aromatic carbocycles. The number of nitro groups is 1. The Labute approximate surface area is 118 Å². The molecule has 1 saturated heterocycles. The quantitative estimate of drug-likeness (QED) is 0.637. The van der Waals surface area contributed by atoms with E-state index in [1.54, 1.807) is 22.2 Å². The lowest BCUT2D eigenvalue weighted by atomic mass is 10.2. The van der Waals surface area contributed by atoms with Crippen LogP contribution in [0.2, 0.25) is 0 Å². The number of aromatic nitrogens is 2. The van der Waals surface area contributed by atoms with Crippen LogP contribution in [0.25, 0.3) is 0 Å². The minimum absolute atomic E-state index is 0.142. The van der Waals surface area contributed by atoms with E-state index in [2.05, 4.69) is 5.10 Å². The van der Waals surface area contributed by atoms with Crippen LogP contribution in [0.1, 0.15) is 16.7 Å². The molecule has 0 aliphatic carbocycles. The Bertz CT molecular complexity index is 630. The average molecular weight is 295 g/mol. The molecule has 0 saturated carbocycles. The summed E-state index contributed by atoms with van der Waals surface area (Å²) in [4.78, 5) is 12.1. The molecule has 0 bridgehead atoms. The second-order valence-corrected chi connectivity index (χ2v) is 5.71. The van der Waals surface area contributed by atoms with Crippen LogP contribution in [0, 0.1) is 10.1 Å². The fourth-order valence-corrected chi connectivity index (χ4v) is 3.11. The third kappa shape index (κ3) is 2.45. The predicted molar refractivity (Wildman–Crippen MR) is 71.6 cm³/mol. The monoisotopic (exact) mass is 295 g/mol. The minimum atomic E-state index is -0.668. The van der Waals surface area contributed by atoms with E-state index >= 15 is 0 Å². The van der Waals surface area contributed by atoms with Crippen LogP contribution in [0.5, 0.6) is 0 Å². The van der Waals surface area contributed by atoms with Crippen LogP contribution in [-0.4, -0.2) is 27.9 Å². The average Bonchev–Trinajstić information content (AvgIpc) is 3.10. The lowest BCUT2D eigenvalue weighted by Gasteiger charge is -2.20. The molecule has 20 heavy (non-hydrogen) atoms. The van der Waals surface area contributed by atoms with Crippen LogP contribution in [0.3, 0.4) is 0 Å². The maximum Gasteiger partial charge on any atom is 0.389 e. The molecule has 1 aliphatic heterocycles. The van der Waals surface area contributed by atoms with E-state index in [0.29, 0.717) is 19.8 Å². The number of hydrogen-bond acceptors (Lipinski definition) is 6. The van der Waals surface area contributed by atoms with Gasteiger partial charge >= 0.3 is 5.82 Å². The first kappa shape index (κ1) is 13.2. The first-order valence-electron chi connectivity index (χ1n) is 6.12. The molecule has 7 nitrogen and oxygen atoms in total. The molecule has 0 spiro atoms. The molecule has 1 fully saturated rings. The molecule has 3 heterocycles. The van der Waals surface area contributed by atoms with Gasteiger partial charge in [-0.3, -0.25) is 0 Å². The van der Waals surface area contributed by atoms with E-state index in [9.17, 15) is 10.1 Å². The van der Waals surface area contributed by atoms with E-state index in [0.717, 1.165) is 9.75 Å². The molecule has 1 aliphatic rings. The Hall–Kier alpha value is -1.77. The van der Waals surface area contributed by atoms with Crippen LogP contribution in [-0.2, 0) is 21.8 Å². The first-order chi connectivity index (χ1) is 9.57. The zero-order valence-corrected chi connectivity index (χ0v) is 11.6. The fourth-order valence-electron chi connectivity index (χ4n) is 2.06. The van der Waals surface area contributed by atoms with Crippen molar-refractivity contribution in [3.8, 4) is 0 Å². The van der Waals surface area contributed by atoms with Gasteiger partial charge in [0.2, 0.25) is 5.79 Å². The zero-order chi connectivity index (χ0) is 14.2. The summed E-state index contributed by atoms with van der Waals surface area (Å²) in [6, 6.07) is 5.31. The standard InChI is InChI=1S/C12H13N3O4S/c1-12(18-6-7-19-12)10-3-2-9(20-10)8-14-5-4-11(13-14)15(16)17/h2-5H,6-8H2,1H3. The largest absolute Gasteiger partial charge is 0.389 e. The summed E-state index contributed by atoms with van der Waals surface area (Å²) in [6.45, 7) is 3.58. The molecule has 3 rings (SSSR count). The second-order valence-electron chi connectivity index (χ2n) is 4.54. The van der Waals surface area contributed by atoms with Crippen molar-refractivity contribution in [1.82, 2.24) is 9.78 Å². The number of hydrogen-bond donors (Lipinski definition) is 0. The normalized spacial score (nSPS) is 17.4. The van der Waals surface area contributed by atoms with Crippen molar-refractivity contribution in [2.75, 3.05) is 13.2 Å². The summed E-state index contributed by atoms with van der Waals surface area (Å²) in [7, 11) is 0. The molecule has 8 heteroatoms. The number of rotatable bonds is 4. The summed E-state index contributed by atoms with van der Waals surface area (Å²) in [5.74, 6) is -0.810. The predicted octanol–water partition coefficient (Wildman–Crippen LogP) is 2.12. The van der Waals surface area contributed by atoms with Gasteiger partial charge in [0.15, 0.2) is 0 Å². The van der Waals surface area contributed by atoms with Gasteiger partial charge in [0.1, 0.15) is 0 Å². The molecule has 2 aromatic rings. The van der Waals surface area contributed by atoms with Gasteiger partial charge in [-0.05, 0) is 24.0 Å². The van der Waals surface area contributed by atoms with E-state index in [-0.39, 0.29) is 5.82 Å². The second kappa shape index (κ2) is 4.97. The fraction of sp³-hybridized carbons (Fsp3) is 0.417. The van der Waals surface area contributed by atoms with Gasteiger partial charge in [0.25, 0.3) is 0 Å². The Morgan fingerprint density at radius 2 is 2.20 bits per heavy atom. The summed E-state index contributed by atoms with van der Waals surface area (Å²) >= 11 is 1.56. The van der Waals surface area contributed by atoms with Crippen molar-refractivity contribution >= 4 is 17.2 Å². The lowest BCUT2D eigenvalue weighted by molar-refractivity contribution is -0.389. The highest BCUT2D eigenvalue weighted by Gasteiger charge is 2.34. The van der Waals surface area contributed by atoms with Gasteiger partial charge in [-0.2, -0.15) is 4.68 Å². The highest BCUT2D eigenvalue weighted by Crippen LogP contribution is 2.35. The summed E-state index contributed by atoms with van der Waals surface area (Å²) in [5.41, 5.74) is 0. The molecule has 106 valence electrons. The van der Waals surface area contributed by atoms with Crippen molar-refractivity contribution in [3.05, 3.63) is 44.3 Å². The van der Waals surface area contributed by atoms with E-state index in [1.807, 2.05) is 19.1 Å². The lowest BCUT2D eigenvalue weighted by Crippen LogP contribution is -2.20. The number of ether oxygens (including phenoxy) is 2. The van der Waals surface area contributed by atoms with Crippen molar-refractivity contribution < 1.29 is 14.4 Å². The summed E-state index contributed by atoms with van der Waals surface area (Å²) in [6.07, 6.45) is 1.60. The van der Waals surface area contributed by atoms with Gasteiger partial charge in [-0.1, -0.05) is 0 Å². The molecule has 0 atom stereocenters. The van der Waals surface area contributed by atoms with Crippen LogP contribution < -0.4 is 0 Å². The number of thiophene rings is 1. The molecule has 0 N–H and O–H groups in total. The molecule has 0 amide bonds. The minimum Gasteiger partial charge on any atom is -0.358 e. The van der Waals surface area contributed by atoms with Crippen LogP contribution in [0.15, 0.2) is 24.4 Å². The van der Waals surface area contributed by atoms with Gasteiger partial charge < -0.3 is 19.6 Å². The molecule has 0 unspecified atom stereocenters. The summed E-state index contributed by atoms with van der Waals surface area (Å²) in [5, 5.41) is 14.5. The van der Waals surface area contributed by atoms with Gasteiger partial charge in [-0.25, -0.2) is 0 Å². The maximum atomic E-state index is 10.6. The van der Waals surface area contributed by atoms with Gasteiger partial charge in [0, 0.05) is 4.88 Å². The topological polar surface area (TPSA) is 79.4 Å². The molecular weight excluding hydrogens is 282 g/mol. The smallest absolute Gasteiger partial charge is 0.358 e. The van der Waals surface area contributed by atoms with E-state index in [1.165, 1.54) is 6.07 Å². The van der Waals surface area contributed by atoms with Gasteiger partial charge in [0.05, 0.1) is 42.0 Å². The SMILES string of the molecule is CC1(c2ccc(Cn3ccc([N+](=O)[O-])n3)s2)OCCO1. The third-order valence-corrected chi connectivity index (χ3v) is 4.33. The Kier molecular flexibility index (Phi) is 3.28. The highest BCUT2D eigenvalue weighted by molar-refractivity contribution is 7.12. The van der Waals surface area contributed by atoms with Crippen LogP contribution in [0.4, 0.5) is 5.82 Å². The van der Waals surface area contributed by atoms with Gasteiger partial charge in [-0.15, -0.1) is 11.3 Å². The van der Waals surface area contributed by atoms with Crippen molar-refractivity contribution in [3.63, 3.8) is 0 Å². The Morgan fingerprint density at radius 1 is 1.45 bits per heavy atom. The third-order valence-electron chi connectivity index (χ3n) is 3.08. The first-order valence-corrected chi connectivity index (χ1v) is 6.93. The maximum absolute atomic E-state index is 10.6. The zero-order valence-electron chi connectivity index (χ0n) is 10.8. The Morgan fingerprint density at radius 3 is 2.85 bits per heavy atom. The van der Waals surface area contributed by atoms with Crippen molar-refractivity contribution in [2.24, 2.45) is 0 Å². The molecule has 0 radical (unpaired) electrons. The number of nitrogens with zero attached hydrogens (tertiary/aromatic N) is 3. The summed E-state index contributed by atoms with van der Waals surface area (Å²) < 4.78 is 12.8. The van der Waals surface area contributed by atoms with Crippen molar-refractivity contribution in [1.29, 1.82) is 0 Å².